The Kier molecular flexibility index (Phi) is 2.97. The molecule has 0 radical (unpaired) electrons. The van der Waals surface area contributed by atoms with Crippen LogP contribution in [0.3, 0.4) is 0 Å². The topological polar surface area (TPSA) is 49.8 Å². The molecule has 0 spiro atoms. The summed E-state index contributed by atoms with van der Waals surface area (Å²) in [6.45, 7) is 5.70. The molecule has 92 valence electrons. The van der Waals surface area contributed by atoms with Crippen molar-refractivity contribution < 1.29 is 14.6 Å². The Bertz CT molecular complexity index is 272. The Morgan fingerprint density at radius 2 is 1.88 bits per heavy atom. The fourth-order valence-corrected chi connectivity index (χ4v) is 2.47. The van der Waals surface area contributed by atoms with Crippen LogP contribution in [-0.2, 0) is 9.53 Å². The largest absolute Gasteiger partial charge is 0.390 e. The number of ether oxygens (including phenoxy) is 1. The molecule has 2 heterocycles. The summed E-state index contributed by atoms with van der Waals surface area (Å²) >= 11 is 0. The summed E-state index contributed by atoms with van der Waals surface area (Å²) < 4.78 is 5.55. The minimum Gasteiger partial charge on any atom is -0.390 e. The minimum atomic E-state index is -0.608. The number of hydrogen-bond donors (Lipinski definition) is 1. The molecule has 16 heavy (non-hydrogen) atoms. The lowest BCUT2D eigenvalue weighted by Crippen LogP contribution is -2.52. The molecule has 1 amide bonds. The summed E-state index contributed by atoms with van der Waals surface area (Å²) in [5.41, 5.74) is -1.21. The van der Waals surface area contributed by atoms with Crippen LogP contribution >= 0.6 is 0 Å². The van der Waals surface area contributed by atoms with Gasteiger partial charge in [-0.2, -0.15) is 0 Å². The molecule has 0 aliphatic carbocycles. The van der Waals surface area contributed by atoms with E-state index in [1.807, 2.05) is 18.7 Å². The van der Waals surface area contributed by atoms with Crippen molar-refractivity contribution in [2.24, 2.45) is 0 Å². The van der Waals surface area contributed by atoms with Crippen LogP contribution in [0, 0.1) is 0 Å². The van der Waals surface area contributed by atoms with Gasteiger partial charge in [-0.1, -0.05) is 0 Å². The van der Waals surface area contributed by atoms with E-state index in [1.54, 1.807) is 0 Å². The molecule has 2 saturated heterocycles. The molecule has 0 bridgehead atoms. The van der Waals surface area contributed by atoms with Gasteiger partial charge in [-0.15, -0.1) is 0 Å². The van der Waals surface area contributed by atoms with Crippen LogP contribution in [0.25, 0.3) is 0 Å². The van der Waals surface area contributed by atoms with Gasteiger partial charge in [-0.25, -0.2) is 0 Å². The smallest absolute Gasteiger partial charge is 0.254 e. The molecule has 2 aliphatic rings. The molecule has 2 rings (SSSR count). The van der Waals surface area contributed by atoms with E-state index >= 15 is 0 Å². The van der Waals surface area contributed by atoms with E-state index in [1.165, 1.54) is 0 Å². The second-order valence-electron chi connectivity index (χ2n) is 5.47. The Balaban J connectivity index is 1.96. The van der Waals surface area contributed by atoms with Crippen molar-refractivity contribution in [3.8, 4) is 0 Å². The molecule has 2 fully saturated rings. The summed E-state index contributed by atoms with van der Waals surface area (Å²) in [4.78, 5) is 14.1. The van der Waals surface area contributed by atoms with Gasteiger partial charge in [0.15, 0.2) is 0 Å². The predicted molar refractivity (Wildman–Crippen MR) is 60.0 cm³/mol. The van der Waals surface area contributed by atoms with Crippen LogP contribution in [0.1, 0.15) is 39.5 Å². The number of likely N-dealkylation sites (tertiary alicyclic amines) is 1. The van der Waals surface area contributed by atoms with Crippen molar-refractivity contribution >= 4 is 5.91 Å². The van der Waals surface area contributed by atoms with Gasteiger partial charge in [0.05, 0.1) is 5.60 Å². The first-order valence-corrected chi connectivity index (χ1v) is 6.09. The van der Waals surface area contributed by atoms with E-state index in [-0.39, 0.29) is 5.91 Å². The highest BCUT2D eigenvalue weighted by Gasteiger charge is 2.42. The van der Waals surface area contributed by atoms with Gasteiger partial charge in [0.1, 0.15) is 5.60 Å². The van der Waals surface area contributed by atoms with Gasteiger partial charge in [0, 0.05) is 19.7 Å². The lowest BCUT2D eigenvalue weighted by atomic mass is 9.92. The molecule has 4 nitrogen and oxygen atoms in total. The second kappa shape index (κ2) is 4.00. The van der Waals surface area contributed by atoms with Crippen LogP contribution in [0.4, 0.5) is 0 Å². The number of rotatable bonds is 1. The Hall–Kier alpha value is -0.610. The Morgan fingerprint density at radius 1 is 1.25 bits per heavy atom. The molecule has 1 unspecified atom stereocenters. The third-order valence-electron chi connectivity index (χ3n) is 3.80. The quantitative estimate of drug-likeness (QED) is 0.725. The monoisotopic (exact) mass is 227 g/mol. The maximum Gasteiger partial charge on any atom is 0.254 e. The molecule has 0 aromatic heterocycles. The molecule has 4 heteroatoms. The highest BCUT2D eigenvalue weighted by atomic mass is 16.5. The van der Waals surface area contributed by atoms with Crippen LogP contribution in [-0.4, -0.2) is 46.8 Å². The summed E-state index contributed by atoms with van der Waals surface area (Å²) in [6.07, 6.45) is 3.11. The van der Waals surface area contributed by atoms with Crippen molar-refractivity contribution in [2.75, 3.05) is 19.7 Å². The number of hydrogen-bond acceptors (Lipinski definition) is 3. The Morgan fingerprint density at radius 3 is 2.38 bits per heavy atom. The lowest BCUT2D eigenvalue weighted by Gasteiger charge is -2.39. The highest BCUT2D eigenvalue weighted by Crippen LogP contribution is 2.30. The van der Waals surface area contributed by atoms with E-state index in [9.17, 15) is 9.90 Å². The summed E-state index contributed by atoms with van der Waals surface area (Å²) in [6, 6.07) is 0. The maximum absolute atomic E-state index is 12.3. The van der Waals surface area contributed by atoms with Crippen molar-refractivity contribution in [1.82, 2.24) is 4.90 Å². The zero-order valence-electron chi connectivity index (χ0n) is 10.2. The third kappa shape index (κ3) is 2.23. The molecule has 1 N–H and O–H groups in total. The van der Waals surface area contributed by atoms with Crippen LogP contribution in [0.5, 0.6) is 0 Å². The fourth-order valence-electron chi connectivity index (χ4n) is 2.47. The average molecular weight is 227 g/mol. The van der Waals surface area contributed by atoms with Gasteiger partial charge >= 0.3 is 0 Å². The van der Waals surface area contributed by atoms with E-state index in [2.05, 4.69) is 0 Å². The zero-order chi connectivity index (χ0) is 11.8. The number of amides is 1. The number of piperidine rings is 1. The molecule has 0 aromatic rings. The summed E-state index contributed by atoms with van der Waals surface area (Å²) in [5, 5.41) is 9.83. The molecular formula is C12H21NO3. The van der Waals surface area contributed by atoms with E-state index in [0.29, 0.717) is 32.5 Å². The summed E-state index contributed by atoms with van der Waals surface area (Å²) in [7, 11) is 0. The maximum atomic E-state index is 12.3. The zero-order valence-corrected chi connectivity index (χ0v) is 10.2. The number of carbonyl (C=O) groups excluding carboxylic acids is 1. The fraction of sp³-hybridized carbons (Fsp3) is 0.917. The second-order valence-corrected chi connectivity index (χ2v) is 5.47. The van der Waals surface area contributed by atoms with Crippen molar-refractivity contribution in [2.45, 2.75) is 50.7 Å². The Labute approximate surface area is 96.6 Å². The first kappa shape index (κ1) is 11.9. The van der Waals surface area contributed by atoms with Gasteiger partial charge in [0.25, 0.3) is 5.91 Å². The lowest BCUT2D eigenvalue weighted by molar-refractivity contribution is -0.154. The number of carbonyl (C=O) groups is 1. The number of nitrogens with zero attached hydrogens (tertiary/aromatic N) is 1. The van der Waals surface area contributed by atoms with Gasteiger partial charge in [-0.3, -0.25) is 4.79 Å². The van der Waals surface area contributed by atoms with E-state index in [4.69, 9.17) is 4.74 Å². The molecule has 0 aromatic carbocycles. The van der Waals surface area contributed by atoms with Gasteiger partial charge in [-0.05, 0) is 39.5 Å². The van der Waals surface area contributed by atoms with E-state index < -0.39 is 11.2 Å². The highest BCUT2D eigenvalue weighted by molar-refractivity contribution is 5.85. The summed E-state index contributed by atoms with van der Waals surface area (Å²) in [5.74, 6) is 0.0977. The first-order valence-electron chi connectivity index (χ1n) is 6.09. The van der Waals surface area contributed by atoms with Crippen molar-refractivity contribution in [3.05, 3.63) is 0 Å². The van der Waals surface area contributed by atoms with Crippen molar-refractivity contribution in [3.63, 3.8) is 0 Å². The van der Waals surface area contributed by atoms with Gasteiger partial charge < -0.3 is 14.7 Å². The van der Waals surface area contributed by atoms with Gasteiger partial charge in [0.2, 0.25) is 0 Å². The molecule has 1 atom stereocenters. The third-order valence-corrected chi connectivity index (χ3v) is 3.80. The van der Waals surface area contributed by atoms with Crippen LogP contribution in [0.15, 0.2) is 0 Å². The SMILES string of the molecule is CC1(O)CCN(C(=O)C2(C)CCCO2)CC1. The predicted octanol–water partition coefficient (Wildman–Crippen LogP) is 0.929. The molecule has 2 aliphatic heterocycles. The normalized spacial score (nSPS) is 34.1. The number of aliphatic hydroxyl groups is 1. The van der Waals surface area contributed by atoms with Crippen LogP contribution in [0.2, 0.25) is 0 Å². The average Bonchev–Trinajstić information content (AvgIpc) is 2.66. The molecule has 0 saturated carbocycles. The van der Waals surface area contributed by atoms with Crippen molar-refractivity contribution in [1.29, 1.82) is 0 Å². The standard InChI is InChI=1S/C12H21NO3/c1-11(15)5-7-13(8-6-11)10(14)12(2)4-3-9-16-12/h15H,3-9H2,1-2H3. The van der Waals surface area contributed by atoms with Crippen LogP contribution < -0.4 is 0 Å². The minimum absolute atomic E-state index is 0.0977. The first-order chi connectivity index (χ1) is 7.43. The molecular weight excluding hydrogens is 206 g/mol. The van der Waals surface area contributed by atoms with E-state index in [0.717, 1.165) is 12.8 Å².